The van der Waals surface area contributed by atoms with Crippen molar-refractivity contribution < 1.29 is 14.3 Å². The Morgan fingerprint density at radius 3 is 2.81 bits per heavy atom. The summed E-state index contributed by atoms with van der Waals surface area (Å²) in [5, 5.41) is 0.959. The number of hydrogen-bond donors (Lipinski definition) is 0. The number of fused-ring (bicyclic) bond motifs is 1. The van der Waals surface area contributed by atoms with Gasteiger partial charge in [0, 0.05) is 24.2 Å². The number of benzene rings is 2. The largest absolute Gasteiger partial charge is 0.469 e. The zero-order chi connectivity index (χ0) is 18.3. The molecule has 1 fully saturated rings. The van der Waals surface area contributed by atoms with Crippen LogP contribution in [0.1, 0.15) is 12.0 Å². The summed E-state index contributed by atoms with van der Waals surface area (Å²) in [4.78, 5) is 30.4. The number of thiazole rings is 1. The number of amides is 1. The molecule has 0 saturated carbocycles. The molecule has 4 rings (SSSR count). The monoisotopic (exact) mass is 366 g/mol. The number of aromatic nitrogens is 1. The van der Waals surface area contributed by atoms with Crippen LogP contribution in [0.5, 0.6) is 0 Å². The molecule has 2 heterocycles. The summed E-state index contributed by atoms with van der Waals surface area (Å²) in [5.41, 5.74) is 3.85. The van der Waals surface area contributed by atoms with Crippen LogP contribution in [-0.4, -0.2) is 30.5 Å². The highest BCUT2D eigenvalue weighted by Crippen LogP contribution is 2.34. The Balaban J connectivity index is 1.64. The van der Waals surface area contributed by atoms with Crippen LogP contribution in [0.15, 0.2) is 42.5 Å². The van der Waals surface area contributed by atoms with Crippen molar-refractivity contribution in [2.75, 3.05) is 18.6 Å². The van der Waals surface area contributed by atoms with E-state index in [0.29, 0.717) is 6.54 Å². The van der Waals surface area contributed by atoms with Crippen molar-refractivity contribution >= 4 is 39.1 Å². The van der Waals surface area contributed by atoms with Gasteiger partial charge in [-0.2, -0.15) is 0 Å². The van der Waals surface area contributed by atoms with Gasteiger partial charge in [0.15, 0.2) is 0 Å². The fraction of sp³-hybridized carbons (Fsp3) is 0.250. The van der Waals surface area contributed by atoms with Gasteiger partial charge in [-0.05, 0) is 42.8 Å². The first-order valence-electron chi connectivity index (χ1n) is 8.41. The van der Waals surface area contributed by atoms with Gasteiger partial charge in [0.25, 0.3) is 0 Å². The molecule has 1 aromatic heterocycles. The average Bonchev–Trinajstić information content (AvgIpc) is 3.24. The summed E-state index contributed by atoms with van der Waals surface area (Å²) in [5.74, 6) is -0.767. The molecule has 1 aliphatic rings. The van der Waals surface area contributed by atoms with Crippen LogP contribution in [0.25, 0.3) is 20.8 Å². The number of anilines is 1. The summed E-state index contributed by atoms with van der Waals surface area (Å²) < 4.78 is 5.93. The minimum Gasteiger partial charge on any atom is -0.469 e. The van der Waals surface area contributed by atoms with Crippen LogP contribution in [0.3, 0.4) is 0 Å². The SMILES string of the molecule is COC(=O)[C@@H]1CC(=O)N(c2ccc(-c3nc4ccccc4s3)cc2C)C1. The molecule has 26 heavy (non-hydrogen) atoms. The van der Waals surface area contributed by atoms with Crippen molar-refractivity contribution in [1.29, 1.82) is 0 Å². The predicted octanol–water partition coefficient (Wildman–Crippen LogP) is 3.80. The third kappa shape index (κ3) is 2.86. The topological polar surface area (TPSA) is 59.5 Å². The van der Waals surface area contributed by atoms with E-state index in [1.54, 1.807) is 16.2 Å². The number of esters is 1. The number of nitrogens with zero attached hydrogens (tertiary/aromatic N) is 2. The van der Waals surface area contributed by atoms with Crippen molar-refractivity contribution in [1.82, 2.24) is 4.98 Å². The standard InChI is InChI=1S/C20H18N2O3S/c1-12-9-13(19-21-15-5-3-4-6-17(15)26-19)7-8-16(12)22-11-14(10-18(22)23)20(24)25-2/h3-9,14H,10-11H2,1-2H3/t14-/m1/s1. The first-order chi connectivity index (χ1) is 12.6. The van der Waals surface area contributed by atoms with Gasteiger partial charge in [0.05, 0.1) is 23.2 Å². The molecule has 0 spiro atoms. The van der Waals surface area contributed by atoms with Crippen LogP contribution < -0.4 is 4.90 Å². The zero-order valence-corrected chi connectivity index (χ0v) is 15.4. The number of aryl methyl sites for hydroxylation is 1. The van der Waals surface area contributed by atoms with E-state index in [1.807, 2.05) is 43.3 Å². The van der Waals surface area contributed by atoms with E-state index in [0.717, 1.165) is 32.0 Å². The number of para-hydroxylation sites is 1. The molecule has 1 atom stereocenters. The van der Waals surface area contributed by atoms with Crippen molar-refractivity contribution in [3.05, 3.63) is 48.0 Å². The molecule has 0 unspecified atom stereocenters. The third-order valence-corrected chi connectivity index (χ3v) is 5.77. The number of carbonyl (C=O) groups excluding carboxylic acids is 2. The van der Waals surface area contributed by atoms with Gasteiger partial charge in [-0.25, -0.2) is 4.98 Å². The smallest absolute Gasteiger partial charge is 0.311 e. The van der Waals surface area contributed by atoms with E-state index in [-0.39, 0.29) is 18.3 Å². The molecule has 1 saturated heterocycles. The molecule has 5 nitrogen and oxygen atoms in total. The summed E-state index contributed by atoms with van der Waals surface area (Å²) in [6.07, 6.45) is 0.200. The lowest BCUT2D eigenvalue weighted by molar-refractivity contribution is -0.145. The van der Waals surface area contributed by atoms with Gasteiger partial charge in [-0.15, -0.1) is 11.3 Å². The van der Waals surface area contributed by atoms with Crippen molar-refractivity contribution in [2.24, 2.45) is 5.92 Å². The highest BCUT2D eigenvalue weighted by molar-refractivity contribution is 7.21. The van der Waals surface area contributed by atoms with Gasteiger partial charge < -0.3 is 9.64 Å². The molecule has 2 aromatic carbocycles. The maximum atomic E-state index is 12.3. The van der Waals surface area contributed by atoms with Crippen LogP contribution in [0.2, 0.25) is 0 Å². The molecule has 0 radical (unpaired) electrons. The molecule has 0 aliphatic carbocycles. The molecule has 0 N–H and O–H groups in total. The van der Waals surface area contributed by atoms with Gasteiger partial charge >= 0.3 is 5.97 Å². The van der Waals surface area contributed by atoms with E-state index >= 15 is 0 Å². The fourth-order valence-electron chi connectivity index (χ4n) is 3.35. The van der Waals surface area contributed by atoms with E-state index in [9.17, 15) is 9.59 Å². The zero-order valence-electron chi connectivity index (χ0n) is 14.6. The van der Waals surface area contributed by atoms with Crippen molar-refractivity contribution in [3.8, 4) is 10.6 Å². The normalized spacial score (nSPS) is 17.1. The van der Waals surface area contributed by atoms with E-state index in [2.05, 4.69) is 11.1 Å². The Bertz CT molecular complexity index is 978. The number of hydrogen-bond acceptors (Lipinski definition) is 5. The maximum Gasteiger partial charge on any atom is 0.311 e. The molecule has 1 aliphatic heterocycles. The first-order valence-corrected chi connectivity index (χ1v) is 9.23. The van der Waals surface area contributed by atoms with Crippen molar-refractivity contribution in [3.63, 3.8) is 0 Å². The Morgan fingerprint density at radius 2 is 2.08 bits per heavy atom. The van der Waals surface area contributed by atoms with E-state index in [1.165, 1.54) is 7.11 Å². The molecular formula is C20H18N2O3S. The molecule has 132 valence electrons. The second kappa shape index (κ2) is 6.53. The quantitative estimate of drug-likeness (QED) is 0.662. The average molecular weight is 366 g/mol. The summed E-state index contributed by atoms with van der Waals surface area (Å²) in [7, 11) is 1.35. The highest BCUT2D eigenvalue weighted by Gasteiger charge is 2.36. The summed E-state index contributed by atoms with van der Waals surface area (Å²) in [6, 6.07) is 14.0. The van der Waals surface area contributed by atoms with E-state index < -0.39 is 5.92 Å². The fourth-order valence-corrected chi connectivity index (χ4v) is 4.31. The minimum atomic E-state index is -0.393. The molecule has 0 bridgehead atoms. The lowest BCUT2D eigenvalue weighted by Gasteiger charge is -2.19. The number of methoxy groups -OCH3 is 1. The molecular weight excluding hydrogens is 348 g/mol. The Labute approximate surface area is 155 Å². The summed E-state index contributed by atoms with van der Waals surface area (Å²) >= 11 is 1.65. The van der Waals surface area contributed by atoms with Crippen molar-refractivity contribution in [2.45, 2.75) is 13.3 Å². The third-order valence-electron chi connectivity index (χ3n) is 4.69. The highest BCUT2D eigenvalue weighted by atomic mass is 32.1. The first kappa shape index (κ1) is 16.7. The van der Waals surface area contributed by atoms with Crippen LogP contribution >= 0.6 is 11.3 Å². The second-order valence-electron chi connectivity index (χ2n) is 6.42. The molecule has 1 amide bonds. The van der Waals surface area contributed by atoms with Gasteiger partial charge in [-0.1, -0.05) is 12.1 Å². The minimum absolute atomic E-state index is 0.0452. The Morgan fingerprint density at radius 1 is 1.27 bits per heavy atom. The number of ether oxygens (including phenoxy) is 1. The van der Waals surface area contributed by atoms with Crippen LogP contribution in [0, 0.1) is 12.8 Å². The second-order valence-corrected chi connectivity index (χ2v) is 7.45. The lowest BCUT2D eigenvalue weighted by Crippen LogP contribution is -2.26. The molecule has 3 aromatic rings. The van der Waals surface area contributed by atoms with E-state index in [4.69, 9.17) is 4.74 Å². The van der Waals surface area contributed by atoms with Gasteiger partial charge in [0.2, 0.25) is 5.91 Å². The Hall–Kier alpha value is -2.73. The molecule has 6 heteroatoms. The number of carbonyl (C=O) groups is 2. The van der Waals surface area contributed by atoms with Crippen LogP contribution in [0.4, 0.5) is 5.69 Å². The number of rotatable bonds is 3. The van der Waals surface area contributed by atoms with Crippen LogP contribution in [-0.2, 0) is 14.3 Å². The van der Waals surface area contributed by atoms with Gasteiger partial charge in [-0.3, -0.25) is 9.59 Å². The predicted molar refractivity (Wildman–Crippen MR) is 102 cm³/mol. The Kier molecular flexibility index (Phi) is 4.20. The lowest BCUT2D eigenvalue weighted by atomic mass is 10.1. The van der Waals surface area contributed by atoms with Gasteiger partial charge in [0.1, 0.15) is 5.01 Å². The maximum absolute atomic E-state index is 12.3. The summed E-state index contributed by atoms with van der Waals surface area (Å²) in [6.45, 7) is 2.34.